The first kappa shape index (κ1) is 10.3. The van der Waals surface area contributed by atoms with Crippen LogP contribution in [0.5, 0.6) is 0 Å². The molecule has 0 aromatic carbocycles. The zero-order valence-corrected chi connectivity index (χ0v) is 8.26. The van der Waals surface area contributed by atoms with Gasteiger partial charge in [0.05, 0.1) is 11.5 Å². The molecule has 0 aromatic rings. The van der Waals surface area contributed by atoms with E-state index < -0.39 is 9.84 Å². The van der Waals surface area contributed by atoms with E-state index in [2.05, 4.69) is 15.7 Å². The number of guanidine groups is 1. The van der Waals surface area contributed by atoms with Crippen molar-refractivity contribution in [1.82, 2.24) is 10.7 Å². The highest BCUT2D eigenvalue weighted by Crippen LogP contribution is 2.10. The molecule has 0 radical (unpaired) electrons. The lowest BCUT2D eigenvalue weighted by atomic mass is 10.3. The van der Waals surface area contributed by atoms with Crippen molar-refractivity contribution in [2.75, 3.05) is 18.6 Å². The van der Waals surface area contributed by atoms with E-state index in [1.54, 1.807) is 7.05 Å². The van der Waals surface area contributed by atoms with Crippen molar-refractivity contribution in [2.24, 2.45) is 10.8 Å². The predicted molar refractivity (Wildman–Crippen MR) is 50.9 cm³/mol. The van der Waals surface area contributed by atoms with Crippen LogP contribution in [-0.4, -0.2) is 39.0 Å². The van der Waals surface area contributed by atoms with Gasteiger partial charge in [-0.25, -0.2) is 14.3 Å². The van der Waals surface area contributed by atoms with Gasteiger partial charge in [0.15, 0.2) is 9.84 Å². The van der Waals surface area contributed by atoms with Crippen LogP contribution in [0.2, 0.25) is 0 Å². The van der Waals surface area contributed by atoms with Crippen LogP contribution in [0.3, 0.4) is 0 Å². The maximum atomic E-state index is 11.1. The summed E-state index contributed by atoms with van der Waals surface area (Å²) >= 11 is 0. The zero-order chi connectivity index (χ0) is 9.90. The van der Waals surface area contributed by atoms with Crippen LogP contribution in [0.1, 0.15) is 6.42 Å². The third-order valence-corrected chi connectivity index (χ3v) is 3.70. The van der Waals surface area contributed by atoms with Crippen molar-refractivity contribution in [3.8, 4) is 0 Å². The summed E-state index contributed by atoms with van der Waals surface area (Å²) in [5.41, 5.74) is 2.35. The fourth-order valence-electron chi connectivity index (χ4n) is 1.27. The minimum absolute atomic E-state index is 0.0697. The molecule has 1 aliphatic rings. The van der Waals surface area contributed by atoms with Gasteiger partial charge in [-0.15, -0.1) is 0 Å². The minimum atomic E-state index is -2.84. The molecule has 1 heterocycles. The second-order valence-corrected chi connectivity index (χ2v) is 5.19. The van der Waals surface area contributed by atoms with E-state index in [0.717, 1.165) is 0 Å². The fourth-order valence-corrected chi connectivity index (χ4v) is 2.95. The molecular weight excluding hydrogens is 192 g/mol. The Kier molecular flexibility index (Phi) is 3.10. The average molecular weight is 206 g/mol. The summed E-state index contributed by atoms with van der Waals surface area (Å²) in [6, 6.07) is -0.0697. The van der Waals surface area contributed by atoms with Crippen LogP contribution in [0.15, 0.2) is 4.99 Å². The summed E-state index contributed by atoms with van der Waals surface area (Å²) in [7, 11) is -1.27. The number of nitrogens with zero attached hydrogens (tertiary/aromatic N) is 1. The Morgan fingerprint density at radius 2 is 2.31 bits per heavy atom. The van der Waals surface area contributed by atoms with Gasteiger partial charge in [-0.05, 0) is 6.42 Å². The lowest BCUT2D eigenvalue weighted by Crippen LogP contribution is -2.46. The molecule has 1 atom stereocenters. The first-order valence-corrected chi connectivity index (χ1v) is 5.80. The number of hydrogen-bond acceptors (Lipinski definition) is 4. The van der Waals surface area contributed by atoms with E-state index in [-0.39, 0.29) is 17.5 Å². The smallest absolute Gasteiger partial charge is 0.205 e. The highest BCUT2D eigenvalue weighted by atomic mass is 32.2. The van der Waals surface area contributed by atoms with E-state index in [9.17, 15) is 8.42 Å². The molecule has 13 heavy (non-hydrogen) atoms. The van der Waals surface area contributed by atoms with E-state index in [4.69, 9.17) is 5.84 Å². The molecule has 1 fully saturated rings. The predicted octanol–water partition coefficient (Wildman–Crippen LogP) is -1.79. The third kappa shape index (κ3) is 2.85. The molecule has 0 spiro atoms. The molecule has 1 unspecified atom stereocenters. The highest BCUT2D eigenvalue weighted by molar-refractivity contribution is 7.91. The van der Waals surface area contributed by atoms with Gasteiger partial charge in [-0.1, -0.05) is 0 Å². The highest BCUT2D eigenvalue weighted by Gasteiger charge is 2.28. The molecule has 1 aliphatic heterocycles. The van der Waals surface area contributed by atoms with Crippen molar-refractivity contribution >= 4 is 15.8 Å². The molecule has 1 rings (SSSR count). The molecule has 7 heteroatoms. The van der Waals surface area contributed by atoms with Gasteiger partial charge in [0.1, 0.15) is 0 Å². The van der Waals surface area contributed by atoms with Crippen molar-refractivity contribution < 1.29 is 8.42 Å². The lowest BCUT2D eigenvalue weighted by Gasteiger charge is -2.12. The number of hydrogen-bond donors (Lipinski definition) is 3. The first-order chi connectivity index (χ1) is 6.07. The third-order valence-electron chi connectivity index (χ3n) is 1.93. The molecule has 76 valence electrons. The van der Waals surface area contributed by atoms with Crippen molar-refractivity contribution in [1.29, 1.82) is 0 Å². The van der Waals surface area contributed by atoms with Gasteiger partial charge in [-0.2, -0.15) is 0 Å². The topological polar surface area (TPSA) is 96.6 Å². The van der Waals surface area contributed by atoms with Crippen LogP contribution in [0.25, 0.3) is 0 Å². The minimum Gasteiger partial charge on any atom is -0.352 e. The SMILES string of the molecule is CN=C(NN)NC1CCS(=O)(=O)C1. The van der Waals surface area contributed by atoms with Gasteiger partial charge < -0.3 is 5.32 Å². The van der Waals surface area contributed by atoms with Crippen LogP contribution >= 0.6 is 0 Å². The van der Waals surface area contributed by atoms with Gasteiger partial charge in [0.25, 0.3) is 0 Å². The summed E-state index contributed by atoms with van der Waals surface area (Å²) in [4.78, 5) is 3.79. The molecule has 1 saturated heterocycles. The maximum Gasteiger partial charge on any atom is 0.205 e. The van der Waals surface area contributed by atoms with Crippen LogP contribution in [0, 0.1) is 0 Å². The van der Waals surface area contributed by atoms with Gasteiger partial charge in [0, 0.05) is 13.1 Å². The largest absolute Gasteiger partial charge is 0.352 e. The van der Waals surface area contributed by atoms with E-state index in [1.807, 2.05) is 0 Å². The lowest BCUT2D eigenvalue weighted by molar-refractivity contribution is 0.599. The molecule has 0 aliphatic carbocycles. The van der Waals surface area contributed by atoms with Gasteiger partial charge >= 0.3 is 0 Å². The quantitative estimate of drug-likeness (QED) is 0.204. The molecule has 4 N–H and O–H groups in total. The van der Waals surface area contributed by atoms with Crippen molar-refractivity contribution in [3.63, 3.8) is 0 Å². The zero-order valence-electron chi connectivity index (χ0n) is 7.45. The molecule has 0 saturated carbocycles. The first-order valence-electron chi connectivity index (χ1n) is 3.98. The van der Waals surface area contributed by atoms with Crippen LogP contribution in [-0.2, 0) is 9.84 Å². The molecule has 0 aromatic heterocycles. The Hall–Kier alpha value is -0.820. The Morgan fingerprint density at radius 1 is 1.62 bits per heavy atom. The summed E-state index contributed by atoms with van der Waals surface area (Å²) in [5, 5.41) is 2.91. The summed E-state index contributed by atoms with van der Waals surface area (Å²) in [6.07, 6.45) is 0.614. The van der Waals surface area contributed by atoms with Gasteiger partial charge in [-0.3, -0.25) is 10.4 Å². The molecule has 0 amide bonds. The second kappa shape index (κ2) is 3.93. The Bertz CT molecular complexity index is 298. The van der Waals surface area contributed by atoms with Crippen molar-refractivity contribution in [2.45, 2.75) is 12.5 Å². The summed E-state index contributed by atoms with van der Waals surface area (Å²) in [6.45, 7) is 0. The van der Waals surface area contributed by atoms with Gasteiger partial charge in [0.2, 0.25) is 5.96 Å². The molecule has 6 nitrogen and oxygen atoms in total. The number of sulfone groups is 1. The molecule has 0 bridgehead atoms. The number of nitrogens with two attached hydrogens (primary N) is 1. The number of nitrogens with one attached hydrogen (secondary N) is 2. The average Bonchev–Trinajstić information content (AvgIpc) is 2.41. The Balaban J connectivity index is 2.49. The van der Waals surface area contributed by atoms with E-state index >= 15 is 0 Å². The second-order valence-electron chi connectivity index (χ2n) is 2.96. The fraction of sp³-hybridized carbons (Fsp3) is 0.833. The maximum absolute atomic E-state index is 11.1. The summed E-state index contributed by atoms with van der Waals surface area (Å²) in [5.74, 6) is 5.96. The van der Waals surface area contributed by atoms with Crippen LogP contribution in [0.4, 0.5) is 0 Å². The summed E-state index contributed by atoms with van der Waals surface area (Å²) < 4.78 is 22.1. The normalized spacial score (nSPS) is 27.2. The van der Waals surface area contributed by atoms with Crippen LogP contribution < -0.4 is 16.6 Å². The monoisotopic (exact) mass is 206 g/mol. The number of rotatable bonds is 1. The molecular formula is C6H14N4O2S. The van der Waals surface area contributed by atoms with E-state index in [0.29, 0.717) is 12.4 Å². The van der Waals surface area contributed by atoms with Crippen molar-refractivity contribution in [3.05, 3.63) is 0 Å². The Labute approximate surface area is 77.5 Å². The number of hydrazine groups is 1. The standard InChI is InChI=1S/C6H14N4O2S/c1-8-6(10-7)9-5-2-3-13(11,12)4-5/h5H,2-4,7H2,1H3,(H2,8,9,10). The Morgan fingerprint density at radius 3 is 2.69 bits per heavy atom. The number of aliphatic imine (C=N–C) groups is 1. The van der Waals surface area contributed by atoms with E-state index in [1.165, 1.54) is 0 Å².